The smallest absolute Gasteiger partial charge is 0.236 e. The van der Waals surface area contributed by atoms with Gasteiger partial charge in [0.1, 0.15) is 0 Å². The number of sulfonamides is 1. The fraction of sp³-hybridized carbons (Fsp3) is 0.632. The monoisotopic (exact) mass is 378 g/mol. The lowest BCUT2D eigenvalue weighted by Gasteiger charge is -2.62. The molecule has 2 aliphatic heterocycles. The van der Waals surface area contributed by atoms with E-state index in [0.717, 1.165) is 30.2 Å². The maximum absolute atomic E-state index is 12.8. The van der Waals surface area contributed by atoms with Gasteiger partial charge in [0, 0.05) is 37.6 Å². The van der Waals surface area contributed by atoms with Crippen molar-refractivity contribution in [1.82, 2.24) is 10.2 Å². The molecule has 144 valence electrons. The van der Waals surface area contributed by atoms with Crippen LogP contribution in [0.1, 0.15) is 33.3 Å². The number of benzene rings is 1. The van der Waals surface area contributed by atoms with Crippen molar-refractivity contribution in [2.45, 2.75) is 39.7 Å². The molecule has 1 saturated heterocycles. The zero-order valence-corrected chi connectivity index (χ0v) is 17.2. The molecule has 6 nitrogen and oxygen atoms in total. The molecule has 26 heavy (non-hydrogen) atoms. The molecule has 1 aromatic rings. The molecular formula is C19H30N4O2S. The van der Waals surface area contributed by atoms with Crippen molar-refractivity contribution in [1.29, 1.82) is 0 Å². The van der Waals surface area contributed by atoms with Gasteiger partial charge in [0.05, 0.1) is 11.4 Å². The minimum atomic E-state index is -3.35. The molecule has 0 unspecified atom stereocenters. The third-order valence-electron chi connectivity index (χ3n) is 6.18. The van der Waals surface area contributed by atoms with Crippen molar-refractivity contribution in [3.63, 3.8) is 0 Å². The Hall–Kier alpha value is -1.76. The summed E-state index contributed by atoms with van der Waals surface area (Å²) >= 11 is 0. The highest BCUT2D eigenvalue weighted by molar-refractivity contribution is 7.92. The zero-order valence-electron chi connectivity index (χ0n) is 16.4. The van der Waals surface area contributed by atoms with Gasteiger partial charge in [0.15, 0.2) is 5.96 Å². The molecule has 2 aliphatic rings. The first-order valence-electron chi connectivity index (χ1n) is 9.17. The van der Waals surface area contributed by atoms with E-state index in [2.05, 4.69) is 42.9 Å². The number of likely N-dealkylation sites (tertiary alicyclic amines) is 1. The first-order chi connectivity index (χ1) is 12.1. The van der Waals surface area contributed by atoms with Crippen molar-refractivity contribution in [2.24, 2.45) is 10.4 Å². The minimum absolute atomic E-state index is 0.0123. The first kappa shape index (κ1) is 19.0. The second-order valence-corrected chi connectivity index (χ2v) is 10.3. The van der Waals surface area contributed by atoms with E-state index in [1.165, 1.54) is 0 Å². The average molecular weight is 379 g/mol. The number of para-hydroxylation sites is 1. The Labute approximate surface area is 157 Å². The largest absolute Gasteiger partial charge is 0.355 e. The number of fused-ring (bicyclic) bond motifs is 1. The van der Waals surface area contributed by atoms with Gasteiger partial charge >= 0.3 is 0 Å². The number of nitrogens with zero attached hydrogens (tertiary/aromatic N) is 3. The van der Waals surface area contributed by atoms with Crippen LogP contribution in [0, 0.1) is 5.41 Å². The van der Waals surface area contributed by atoms with Gasteiger partial charge in [-0.3, -0.25) is 9.30 Å². The number of anilines is 1. The summed E-state index contributed by atoms with van der Waals surface area (Å²) in [5.74, 6) is 0.823. The lowest BCUT2D eigenvalue weighted by molar-refractivity contribution is -0.0666. The third-order valence-corrected chi connectivity index (χ3v) is 7.95. The first-order valence-corrected chi connectivity index (χ1v) is 10.8. The van der Waals surface area contributed by atoms with Gasteiger partial charge in [-0.05, 0) is 31.9 Å². The zero-order chi connectivity index (χ0) is 19.2. The third kappa shape index (κ3) is 3.06. The van der Waals surface area contributed by atoms with Crippen molar-refractivity contribution in [3.05, 3.63) is 29.8 Å². The SMILES string of the molecule is CN=C(NCCS(=O)(=O)N1CCc2ccccc21)N1CC(C)(C)C1(C)C. The second-order valence-electron chi connectivity index (χ2n) is 8.27. The fourth-order valence-electron chi connectivity index (χ4n) is 3.69. The Bertz CT molecular complexity index is 815. The Balaban J connectivity index is 1.61. The summed E-state index contributed by atoms with van der Waals surface area (Å²) in [6, 6.07) is 7.73. The van der Waals surface area contributed by atoms with Gasteiger partial charge in [-0.1, -0.05) is 32.0 Å². The minimum Gasteiger partial charge on any atom is -0.355 e. The second kappa shape index (κ2) is 6.44. The molecular weight excluding hydrogens is 348 g/mol. The lowest BCUT2D eigenvalue weighted by Crippen LogP contribution is -2.72. The molecule has 1 N–H and O–H groups in total. The molecule has 0 amide bonds. The quantitative estimate of drug-likeness (QED) is 0.643. The van der Waals surface area contributed by atoms with Crippen LogP contribution in [-0.4, -0.2) is 57.3 Å². The summed E-state index contributed by atoms with van der Waals surface area (Å²) in [4.78, 5) is 6.56. The van der Waals surface area contributed by atoms with E-state index in [-0.39, 0.29) is 16.7 Å². The van der Waals surface area contributed by atoms with Gasteiger partial charge in [-0.2, -0.15) is 0 Å². The number of aliphatic imine (C=N–C) groups is 1. The molecule has 0 aromatic heterocycles. The lowest BCUT2D eigenvalue weighted by atomic mass is 9.65. The maximum Gasteiger partial charge on any atom is 0.236 e. The van der Waals surface area contributed by atoms with Crippen LogP contribution < -0.4 is 9.62 Å². The van der Waals surface area contributed by atoms with Crippen LogP contribution in [0.3, 0.4) is 0 Å². The van der Waals surface area contributed by atoms with Gasteiger partial charge in [0.25, 0.3) is 0 Å². The van der Waals surface area contributed by atoms with Crippen LogP contribution >= 0.6 is 0 Å². The van der Waals surface area contributed by atoms with E-state index < -0.39 is 10.0 Å². The molecule has 7 heteroatoms. The Morgan fingerprint density at radius 2 is 1.92 bits per heavy atom. The maximum atomic E-state index is 12.8. The van der Waals surface area contributed by atoms with Crippen LogP contribution in [0.25, 0.3) is 0 Å². The average Bonchev–Trinajstić information content (AvgIpc) is 3.02. The summed E-state index contributed by atoms with van der Waals surface area (Å²) in [7, 11) is -1.60. The van der Waals surface area contributed by atoms with Crippen LogP contribution in [0.4, 0.5) is 5.69 Å². The number of nitrogens with one attached hydrogen (secondary N) is 1. The van der Waals surface area contributed by atoms with Crippen LogP contribution in [0.2, 0.25) is 0 Å². The van der Waals surface area contributed by atoms with Gasteiger partial charge in [-0.15, -0.1) is 0 Å². The topological polar surface area (TPSA) is 65.0 Å². The van der Waals surface area contributed by atoms with E-state index in [4.69, 9.17) is 0 Å². The summed E-state index contributed by atoms with van der Waals surface area (Å²) in [6.45, 7) is 10.7. The molecule has 0 atom stereocenters. The highest BCUT2D eigenvalue weighted by Crippen LogP contribution is 2.46. The standard InChI is InChI=1S/C19H30N4O2S/c1-18(2)14-22(19(18,3)4)17(20-5)21-11-13-26(24,25)23-12-10-15-8-6-7-9-16(15)23/h6-9H,10-14H2,1-5H3,(H,20,21). The number of hydrogen-bond donors (Lipinski definition) is 1. The molecule has 0 saturated carbocycles. The summed E-state index contributed by atoms with van der Waals surface area (Å²) < 4.78 is 27.1. The summed E-state index contributed by atoms with van der Waals surface area (Å²) in [5, 5.41) is 3.24. The predicted octanol–water partition coefficient (Wildman–Crippen LogP) is 2.07. The molecule has 2 heterocycles. The van der Waals surface area contributed by atoms with Crippen LogP contribution in [0.15, 0.2) is 29.3 Å². The van der Waals surface area contributed by atoms with Crippen molar-refractivity contribution < 1.29 is 8.42 Å². The Morgan fingerprint density at radius 1 is 1.23 bits per heavy atom. The van der Waals surface area contributed by atoms with Crippen LogP contribution in [-0.2, 0) is 16.4 Å². The summed E-state index contributed by atoms with van der Waals surface area (Å²) in [6.07, 6.45) is 0.779. The number of rotatable bonds is 4. The summed E-state index contributed by atoms with van der Waals surface area (Å²) in [5.41, 5.74) is 2.12. The fourth-order valence-corrected chi connectivity index (χ4v) is 5.12. The molecule has 0 spiro atoms. The van der Waals surface area contributed by atoms with Crippen molar-refractivity contribution in [3.8, 4) is 0 Å². The van der Waals surface area contributed by atoms with Gasteiger partial charge < -0.3 is 10.2 Å². The van der Waals surface area contributed by atoms with E-state index in [9.17, 15) is 8.42 Å². The Morgan fingerprint density at radius 3 is 2.54 bits per heavy atom. The van der Waals surface area contributed by atoms with Crippen LogP contribution in [0.5, 0.6) is 0 Å². The van der Waals surface area contributed by atoms with E-state index in [1.807, 2.05) is 24.3 Å². The molecule has 0 radical (unpaired) electrons. The molecule has 0 bridgehead atoms. The van der Waals surface area contributed by atoms with E-state index >= 15 is 0 Å². The number of guanidine groups is 1. The molecule has 1 aromatic carbocycles. The van der Waals surface area contributed by atoms with Gasteiger partial charge in [-0.25, -0.2) is 8.42 Å². The number of hydrogen-bond acceptors (Lipinski definition) is 3. The van der Waals surface area contributed by atoms with Crippen molar-refractivity contribution in [2.75, 3.05) is 36.7 Å². The highest BCUT2D eigenvalue weighted by Gasteiger charge is 2.53. The van der Waals surface area contributed by atoms with Crippen molar-refractivity contribution >= 4 is 21.7 Å². The van der Waals surface area contributed by atoms with E-state index in [0.29, 0.717) is 13.1 Å². The molecule has 0 aliphatic carbocycles. The molecule has 3 rings (SSSR count). The van der Waals surface area contributed by atoms with Gasteiger partial charge in [0.2, 0.25) is 10.0 Å². The highest BCUT2D eigenvalue weighted by atomic mass is 32.2. The molecule has 1 fully saturated rings. The predicted molar refractivity (Wildman–Crippen MR) is 107 cm³/mol. The van der Waals surface area contributed by atoms with E-state index in [1.54, 1.807) is 11.4 Å². The Kier molecular flexibility index (Phi) is 4.71. The normalized spacial score (nSPS) is 21.3.